The summed E-state index contributed by atoms with van der Waals surface area (Å²) in [7, 11) is 0. The molecule has 1 aliphatic rings. The van der Waals surface area contributed by atoms with E-state index in [1.165, 1.54) is 65.7 Å². The molecule has 0 N–H and O–H groups in total. The van der Waals surface area contributed by atoms with Crippen LogP contribution < -0.4 is 0 Å². The minimum Gasteiger partial charge on any atom is -0.0622 e. The quantitative estimate of drug-likeness (QED) is 0.265. The van der Waals surface area contributed by atoms with Crippen LogP contribution in [-0.4, -0.2) is 0 Å². The fraction of sp³-hybridized carbons (Fsp3) is 0. The zero-order valence-corrected chi connectivity index (χ0v) is 16.4. The smallest absolute Gasteiger partial charge is 0.00139 e. The third kappa shape index (κ3) is 2.06. The fourth-order valence-electron chi connectivity index (χ4n) is 5.24. The molecule has 0 saturated carbocycles. The lowest BCUT2D eigenvalue weighted by Gasteiger charge is -2.11. The molecule has 6 aromatic rings. The highest BCUT2D eigenvalue weighted by Crippen LogP contribution is 2.50. The summed E-state index contributed by atoms with van der Waals surface area (Å²) in [5, 5.41) is 8.21. The van der Waals surface area contributed by atoms with Crippen LogP contribution in [0.2, 0.25) is 0 Å². The Morgan fingerprint density at radius 2 is 1.03 bits per heavy atom. The topological polar surface area (TPSA) is 0 Å². The van der Waals surface area contributed by atoms with Crippen molar-refractivity contribution in [2.45, 2.75) is 0 Å². The monoisotopic (exact) mass is 378 g/mol. The van der Waals surface area contributed by atoms with Crippen LogP contribution in [0.3, 0.4) is 0 Å². The maximum atomic E-state index is 2.38. The molecule has 138 valence electrons. The molecule has 0 heteroatoms. The van der Waals surface area contributed by atoms with E-state index in [0.29, 0.717) is 0 Å². The lowest BCUT2D eigenvalue weighted by molar-refractivity contribution is 1.65. The van der Waals surface area contributed by atoms with Crippen LogP contribution in [0.25, 0.3) is 65.7 Å². The Morgan fingerprint density at radius 3 is 1.80 bits per heavy atom. The van der Waals surface area contributed by atoms with E-state index in [-0.39, 0.29) is 0 Å². The van der Waals surface area contributed by atoms with E-state index in [1.54, 1.807) is 0 Å². The predicted octanol–water partition coefficient (Wildman–Crippen LogP) is 8.46. The molecule has 0 nitrogen and oxygen atoms in total. The second kappa shape index (κ2) is 5.81. The van der Waals surface area contributed by atoms with Crippen LogP contribution in [0.15, 0.2) is 109 Å². The van der Waals surface area contributed by atoms with Crippen molar-refractivity contribution in [1.29, 1.82) is 0 Å². The summed E-state index contributed by atoms with van der Waals surface area (Å²) in [6.07, 6.45) is 0. The van der Waals surface area contributed by atoms with Gasteiger partial charge in [-0.3, -0.25) is 0 Å². The predicted molar refractivity (Wildman–Crippen MR) is 129 cm³/mol. The van der Waals surface area contributed by atoms with Crippen LogP contribution in [0, 0.1) is 0 Å². The summed E-state index contributed by atoms with van der Waals surface area (Å²) < 4.78 is 0. The Kier molecular flexibility index (Phi) is 3.09. The van der Waals surface area contributed by atoms with Gasteiger partial charge in [-0.15, -0.1) is 0 Å². The number of benzene rings is 6. The average molecular weight is 378 g/mol. The summed E-state index contributed by atoms with van der Waals surface area (Å²) in [6.45, 7) is 0. The van der Waals surface area contributed by atoms with E-state index < -0.39 is 0 Å². The van der Waals surface area contributed by atoms with Gasteiger partial charge in [0.05, 0.1) is 0 Å². The second-order valence-corrected chi connectivity index (χ2v) is 8.17. The molecule has 0 atom stereocenters. The molecule has 0 amide bonds. The molecular formula is C30H18. The van der Waals surface area contributed by atoms with Gasteiger partial charge in [-0.25, -0.2) is 0 Å². The minimum atomic E-state index is 1.27. The lowest BCUT2D eigenvalue weighted by Crippen LogP contribution is -1.83. The Morgan fingerprint density at radius 1 is 0.333 bits per heavy atom. The normalized spacial score (nSPS) is 12.0. The van der Waals surface area contributed by atoms with Crippen LogP contribution in [0.5, 0.6) is 0 Å². The van der Waals surface area contributed by atoms with Crippen LogP contribution >= 0.6 is 0 Å². The molecule has 0 saturated heterocycles. The zero-order valence-electron chi connectivity index (χ0n) is 16.4. The molecule has 0 heterocycles. The van der Waals surface area contributed by atoms with Gasteiger partial charge in [0, 0.05) is 0 Å². The van der Waals surface area contributed by atoms with Crippen LogP contribution in [0.1, 0.15) is 0 Å². The van der Waals surface area contributed by atoms with E-state index >= 15 is 0 Å². The summed E-state index contributed by atoms with van der Waals surface area (Å²) in [6, 6.07) is 39.9. The van der Waals surface area contributed by atoms with Crippen LogP contribution in [0.4, 0.5) is 0 Å². The first-order chi connectivity index (χ1) is 14.9. The van der Waals surface area contributed by atoms with Gasteiger partial charge in [0.25, 0.3) is 0 Å². The van der Waals surface area contributed by atoms with Crippen LogP contribution in [-0.2, 0) is 0 Å². The first kappa shape index (κ1) is 16.0. The summed E-state index contributed by atoms with van der Waals surface area (Å²) >= 11 is 0. The van der Waals surface area contributed by atoms with Crippen molar-refractivity contribution in [1.82, 2.24) is 0 Å². The minimum absolute atomic E-state index is 1.27. The van der Waals surface area contributed by atoms with Crippen molar-refractivity contribution < 1.29 is 0 Å². The number of fused-ring (bicyclic) bond motifs is 1. The highest BCUT2D eigenvalue weighted by atomic mass is 14.3. The highest BCUT2D eigenvalue weighted by Gasteiger charge is 2.23. The Bertz CT molecular complexity index is 1610. The molecule has 0 aliphatic heterocycles. The van der Waals surface area contributed by atoms with Gasteiger partial charge in [-0.2, -0.15) is 0 Å². The molecule has 7 rings (SSSR count). The molecule has 6 aromatic carbocycles. The molecule has 0 bridgehead atoms. The van der Waals surface area contributed by atoms with E-state index in [2.05, 4.69) is 109 Å². The van der Waals surface area contributed by atoms with E-state index in [4.69, 9.17) is 0 Å². The molecule has 1 aliphatic carbocycles. The summed E-state index contributed by atoms with van der Waals surface area (Å²) in [4.78, 5) is 0. The van der Waals surface area contributed by atoms with Gasteiger partial charge in [-0.1, -0.05) is 91.0 Å². The second-order valence-electron chi connectivity index (χ2n) is 8.17. The Hall–Kier alpha value is -3.90. The van der Waals surface area contributed by atoms with Gasteiger partial charge < -0.3 is 0 Å². The maximum Gasteiger partial charge on any atom is -0.00139 e. The number of hydrogen-bond acceptors (Lipinski definition) is 0. The van der Waals surface area contributed by atoms with E-state index in [0.717, 1.165) is 0 Å². The third-order valence-corrected chi connectivity index (χ3v) is 6.54. The van der Waals surface area contributed by atoms with Crippen molar-refractivity contribution in [3.63, 3.8) is 0 Å². The standard InChI is InChI=1S/C30H18/c1-3-8-19(9-4-1)23-16-21-14-15-22-17-26(20-10-5-2-6-11-20)24-12-7-13-25-27(18-23)28(21)29(22)30(24)25/h1-18H. The molecule has 0 fully saturated rings. The molecule has 0 unspecified atom stereocenters. The number of hydrogen-bond donors (Lipinski definition) is 0. The fourth-order valence-corrected chi connectivity index (χ4v) is 5.24. The molecule has 0 radical (unpaired) electrons. The van der Waals surface area contributed by atoms with Crippen molar-refractivity contribution >= 4 is 32.3 Å². The summed E-state index contributed by atoms with van der Waals surface area (Å²) in [5.41, 5.74) is 7.87. The van der Waals surface area contributed by atoms with Gasteiger partial charge in [0.1, 0.15) is 0 Å². The molecular weight excluding hydrogens is 360 g/mol. The highest BCUT2D eigenvalue weighted by molar-refractivity contribution is 6.35. The maximum absolute atomic E-state index is 2.38. The molecule has 0 spiro atoms. The van der Waals surface area contributed by atoms with Crippen molar-refractivity contribution in [2.24, 2.45) is 0 Å². The first-order valence-electron chi connectivity index (χ1n) is 10.5. The first-order valence-corrected chi connectivity index (χ1v) is 10.5. The summed E-state index contributed by atoms with van der Waals surface area (Å²) in [5.74, 6) is 0. The van der Waals surface area contributed by atoms with Gasteiger partial charge in [0.15, 0.2) is 0 Å². The number of rotatable bonds is 2. The Labute approximate surface area is 175 Å². The molecule has 0 aromatic heterocycles. The van der Waals surface area contributed by atoms with Gasteiger partial charge >= 0.3 is 0 Å². The van der Waals surface area contributed by atoms with Gasteiger partial charge in [-0.05, 0) is 83.9 Å². The van der Waals surface area contributed by atoms with Crippen molar-refractivity contribution in [3.05, 3.63) is 109 Å². The third-order valence-electron chi connectivity index (χ3n) is 6.54. The van der Waals surface area contributed by atoms with Gasteiger partial charge in [0.2, 0.25) is 0 Å². The largest absolute Gasteiger partial charge is 0.0622 e. The molecule has 30 heavy (non-hydrogen) atoms. The SMILES string of the molecule is c1ccc(-c2cc3c4c(ccc5cc(-c6ccccc6)c6cccc-3c6c54)c2)cc1. The zero-order chi connectivity index (χ0) is 19.7. The average Bonchev–Trinajstić information content (AvgIpc) is 3.17. The van der Waals surface area contributed by atoms with E-state index in [1.807, 2.05) is 0 Å². The van der Waals surface area contributed by atoms with E-state index in [9.17, 15) is 0 Å². The lowest BCUT2D eigenvalue weighted by atomic mass is 9.93. The van der Waals surface area contributed by atoms with Crippen molar-refractivity contribution in [3.8, 4) is 33.4 Å². The van der Waals surface area contributed by atoms with Crippen molar-refractivity contribution in [2.75, 3.05) is 0 Å². The Balaban J connectivity index is 1.63.